The second kappa shape index (κ2) is 9.78. The van der Waals surface area contributed by atoms with Crippen LogP contribution in [0.5, 0.6) is 0 Å². The second-order valence-electron chi connectivity index (χ2n) is 4.55. The number of nitrogens with one attached hydrogen (secondary N) is 1. The molecule has 0 bridgehead atoms. The van der Waals surface area contributed by atoms with Crippen molar-refractivity contribution in [3.05, 3.63) is 29.8 Å². The van der Waals surface area contributed by atoms with E-state index in [1.807, 2.05) is 13.8 Å². The van der Waals surface area contributed by atoms with Crippen molar-refractivity contribution in [2.45, 2.75) is 31.7 Å². The summed E-state index contributed by atoms with van der Waals surface area (Å²) in [4.78, 5) is 11.6. The molecule has 1 aromatic rings. The summed E-state index contributed by atoms with van der Waals surface area (Å²) in [6, 6.07) is 6.55. The summed E-state index contributed by atoms with van der Waals surface area (Å²) in [5.41, 5.74) is 6.13. The number of hydrogen-bond acceptors (Lipinski definition) is 4. The molecule has 0 aliphatic rings. The average Bonchev–Trinajstić information content (AvgIpc) is 2.47. The Morgan fingerprint density at radius 1 is 1.18 bits per heavy atom. The predicted molar refractivity (Wildman–Crippen MR) is 89.3 cm³/mol. The molecule has 0 spiro atoms. The number of nitrogens with zero attached hydrogens (tertiary/aromatic N) is 1. The van der Waals surface area contributed by atoms with E-state index >= 15 is 0 Å². The molecule has 0 saturated carbocycles. The van der Waals surface area contributed by atoms with Crippen LogP contribution < -0.4 is 11.1 Å². The Kier molecular flexibility index (Phi) is 9.27. The number of rotatable bonds is 8. The molecular weight excluding hydrogens is 326 g/mol. The summed E-state index contributed by atoms with van der Waals surface area (Å²) in [6.45, 7) is 5.17. The van der Waals surface area contributed by atoms with E-state index in [1.165, 1.54) is 4.31 Å². The zero-order valence-electron chi connectivity index (χ0n) is 12.9. The highest BCUT2D eigenvalue weighted by atomic mass is 35.5. The molecular formula is C14H24ClN3O3S. The SMILES string of the molecule is CCN(CC)S(=O)(=O)c1ccc(CNC(=O)CCN)cc1.Cl. The molecule has 0 aliphatic heterocycles. The summed E-state index contributed by atoms with van der Waals surface area (Å²) in [7, 11) is -3.43. The summed E-state index contributed by atoms with van der Waals surface area (Å²) in [6.07, 6.45) is 0.286. The van der Waals surface area contributed by atoms with Gasteiger partial charge >= 0.3 is 0 Å². The van der Waals surface area contributed by atoms with Crippen molar-refractivity contribution in [2.75, 3.05) is 19.6 Å². The molecule has 0 saturated heterocycles. The van der Waals surface area contributed by atoms with E-state index in [1.54, 1.807) is 24.3 Å². The number of carbonyl (C=O) groups excluding carboxylic acids is 1. The monoisotopic (exact) mass is 349 g/mol. The van der Waals surface area contributed by atoms with Crippen LogP contribution in [0.1, 0.15) is 25.8 Å². The number of halogens is 1. The third kappa shape index (κ3) is 5.57. The highest BCUT2D eigenvalue weighted by Gasteiger charge is 2.21. The first-order valence-corrected chi connectivity index (χ1v) is 8.45. The van der Waals surface area contributed by atoms with Crippen molar-refractivity contribution in [1.82, 2.24) is 9.62 Å². The Labute approximate surface area is 138 Å². The van der Waals surface area contributed by atoms with Gasteiger partial charge in [0.1, 0.15) is 0 Å². The molecule has 0 radical (unpaired) electrons. The van der Waals surface area contributed by atoms with Crippen LogP contribution in [0.4, 0.5) is 0 Å². The van der Waals surface area contributed by atoms with Gasteiger partial charge in [-0.3, -0.25) is 4.79 Å². The quantitative estimate of drug-likeness (QED) is 0.735. The van der Waals surface area contributed by atoms with Crippen molar-refractivity contribution in [1.29, 1.82) is 0 Å². The van der Waals surface area contributed by atoms with E-state index in [2.05, 4.69) is 5.32 Å². The number of carbonyl (C=O) groups is 1. The molecule has 0 aromatic heterocycles. The summed E-state index contributed by atoms with van der Waals surface area (Å²) in [5, 5.41) is 2.72. The molecule has 0 aliphatic carbocycles. The molecule has 22 heavy (non-hydrogen) atoms. The van der Waals surface area contributed by atoms with Gasteiger partial charge in [-0.25, -0.2) is 8.42 Å². The smallest absolute Gasteiger partial charge is 0.243 e. The van der Waals surface area contributed by atoms with Gasteiger partial charge in [-0.1, -0.05) is 26.0 Å². The van der Waals surface area contributed by atoms with Crippen molar-refractivity contribution in [3.63, 3.8) is 0 Å². The summed E-state index contributed by atoms with van der Waals surface area (Å²) in [5.74, 6) is -0.114. The van der Waals surface area contributed by atoms with Gasteiger partial charge in [0.25, 0.3) is 0 Å². The Hall–Kier alpha value is -1.15. The molecule has 0 heterocycles. The molecule has 126 valence electrons. The molecule has 0 atom stereocenters. The van der Waals surface area contributed by atoms with E-state index < -0.39 is 10.0 Å². The Bertz CT molecular complexity index is 557. The summed E-state index contributed by atoms with van der Waals surface area (Å²) < 4.78 is 26.0. The van der Waals surface area contributed by atoms with Crippen LogP contribution >= 0.6 is 12.4 Å². The van der Waals surface area contributed by atoms with Crippen LogP contribution in [-0.4, -0.2) is 38.3 Å². The Morgan fingerprint density at radius 3 is 2.18 bits per heavy atom. The lowest BCUT2D eigenvalue weighted by Crippen LogP contribution is -2.30. The van der Waals surface area contributed by atoms with Gasteiger partial charge in [0.15, 0.2) is 0 Å². The lowest BCUT2D eigenvalue weighted by molar-refractivity contribution is -0.121. The largest absolute Gasteiger partial charge is 0.352 e. The van der Waals surface area contributed by atoms with Gasteiger partial charge in [-0.15, -0.1) is 12.4 Å². The molecule has 8 heteroatoms. The first kappa shape index (κ1) is 20.9. The zero-order valence-corrected chi connectivity index (χ0v) is 14.5. The van der Waals surface area contributed by atoms with Gasteiger partial charge in [-0.05, 0) is 17.7 Å². The fraction of sp³-hybridized carbons (Fsp3) is 0.500. The minimum Gasteiger partial charge on any atom is -0.352 e. The van der Waals surface area contributed by atoms with E-state index in [0.717, 1.165) is 5.56 Å². The highest BCUT2D eigenvalue weighted by molar-refractivity contribution is 7.89. The maximum absolute atomic E-state index is 12.3. The minimum absolute atomic E-state index is 0. The molecule has 6 nitrogen and oxygen atoms in total. The predicted octanol–water partition coefficient (Wildman–Crippen LogP) is 1.10. The maximum Gasteiger partial charge on any atom is 0.243 e. The fourth-order valence-electron chi connectivity index (χ4n) is 1.91. The lowest BCUT2D eigenvalue weighted by atomic mass is 10.2. The van der Waals surface area contributed by atoms with Gasteiger partial charge in [0.2, 0.25) is 15.9 Å². The van der Waals surface area contributed by atoms with Crippen molar-refractivity contribution in [2.24, 2.45) is 5.73 Å². The van der Waals surface area contributed by atoms with E-state index in [0.29, 0.717) is 26.2 Å². The first-order chi connectivity index (χ1) is 9.95. The van der Waals surface area contributed by atoms with E-state index in [4.69, 9.17) is 5.73 Å². The van der Waals surface area contributed by atoms with Crippen molar-refractivity contribution >= 4 is 28.3 Å². The van der Waals surface area contributed by atoms with Crippen LogP contribution in [0.2, 0.25) is 0 Å². The molecule has 0 fully saturated rings. The van der Waals surface area contributed by atoms with Crippen LogP contribution in [0.15, 0.2) is 29.2 Å². The van der Waals surface area contributed by atoms with Crippen LogP contribution in [0.25, 0.3) is 0 Å². The number of hydrogen-bond donors (Lipinski definition) is 2. The Morgan fingerprint density at radius 2 is 1.73 bits per heavy atom. The fourth-order valence-corrected chi connectivity index (χ4v) is 3.37. The van der Waals surface area contributed by atoms with Crippen LogP contribution in [0, 0.1) is 0 Å². The number of sulfonamides is 1. The van der Waals surface area contributed by atoms with E-state index in [-0.39, 0.29) is 29.6 Å². The lowest BCUT2D eigenvalue weighted by Gasteiger charge is -2.18. The Balaban J connectivity index is 0.00000441. The van der Waals surface area contributed by atoms with Crippen molar-refractivity contribution in [3.8, 4) is 0 Å². The maximum atomic E-state index is 12.3. The molecule has 1 aromatic carbocycles. The molecule has 1 rings (SSSR count). The van der Waals surface area contributed by atoms with Crippen LogP contribution in [0.3, 0.4) is 0 Å². The van der Waals surface area contributed by atoms with Crippen LogP contribution in [-0.2, 0) is 21.4 Å². The van der Waals surface area contributed by atoms with E-state index in [9.17, 15) is 13.2 Å². The zero-order chi connectivity index (χ0) is 15.9. The highest BCUT2D eigenvalue weighted by Crippen LogP contribution is 2.16. The second-order valence-corrected chi connectivity index (χ2v) is 6.49. The minimum atomic E-state index is -3.43. The van der Waals surface area contributed by atoms with Gasteiger partial charge < -0.3 is 11.1 Å². The third-order valence-corrected chi connectivity index (χ3v) is 5.19. The van der Waals surface area contributed by atoms with Crippen molar-refractivity contribution < 1.29 is 13.2 Å². The first-order valence-electron chi connectivity index (χ1n) is 7.01. The van der Waals surface area contributed by atoms with Gasteiger partial charge in [0, 0.05) is 32.6 Å². The third-order valence-electron chi connectivity index (χ3n) is 3.13. The summed E-state index contributed by atoms with van der Waals surface area (Å²) >= 11 is 0. The molecule has 0 unspecified atom stereocenters. The normalized spacial score (nSPS) is 11.1. The van der Waals surface area contributed by atoms with Gasteiger partial charge in [0.05, 0.1) is 4.90 Å². The average molecular weight is 350 g/mol. The standard InChI is InChI=1S/C14H23N3O3S.ClH/c1-3-17(4-2)21(19,20)13-7-5-12(6-8-13)11-16-14(18)9-10-15;/h5-8H,3-4,9-11,15H2,1-2H3,(H,16,18);1H. The molecule has 3 N–H and O–H groups in total. The van der Waals surface area contributed by atoms with Gasteiger partial charge in [-0.2, -0.15) is 4.31 Å². The number of nitrogens with two attached hydrogens (primary N) is 1. The number of benzene rings is 1. The topological polar surface area (TPSA) is 92.5 Å². The molecule has 1 amide bonds. The number of amides is 1.